The van der Waals surface area contributed by atoms with Crippen molar-refractivity contribution < 1.29 is 14.3 Å². The van der Waals surface area contributed by atoms with Crippen LogP contribution < -0.4 is 4.74 Å². The molecule has 1 N–H and O–H groups in total. The number of benzene rings is 2. The largest absolute Gasteiger partial charge is 0.508 e. The van der Waals surface area contributed by atoms with Crippen LogP contribution in [0.3, 0.4) is 0 Å². The van der Waals surface area contributed by atoms with Gasteiger partial charge < -0.3 is 14.3 Å². The first kappa shape index (κ1) is 21.8. The topological polar surface area (TPSA) is 58.7 Å². The summed E-state index contributed by atoms with van der Waals surface area (Å²) in [6.45, 7) is 8.12. The summed E-state index contributed by atoms with van der Waals surface area (Å²) in [7, 11) is 0. The summed E-state index contributed by atoms with van der Waals surface area (Å²) in [4.78, 5) is 7.12. The number of likely N-dealkylation sites (tertiary alicyclic amines) is 1. The molecule has 2 aromatic carbocycles. The molecular formula is C25H30N2O3S. The fraction of sp³-hybridized carbons (Fsp3) is 0.400. The monoisotopic (exact) mass is 438 g/mol. The summed E-state index contributed by atoms with van der Waals surface area (Å²) in [6.07, 6.45) is 2.60. The quantitative estimate of drug-likeness (QED) is 0.464. The lowest BCUT2D eigenvalue weighted by Gasteiger charge is -2.15. The second kappa shape index (κ2) is 10.2. The molecule has 0 saturated carbocycles. The molecular weight excluding hydrogens is 408 g/mol. The summed E-state index contributed by atoms with van der Waals surface area (Å²) in [5.41, 5.74) is 2.61. The molecule has 0 amide bonds. The van der Waals surface area contributed by atoms with E-state index in [2.05, 4.69) is 16.8 Å². The number of para-hydroxylation sites is 1. The zero-order valence-electron chi connectivity index (χ0n) is 18.2. The number of hydrogen-bond acceptors (Lipinski definition) is 6. The lowest BCUT2D eigenvalue weighted by molar-refractivity contribution is 0.238. The molecule has 1 saturated heterocycles. The third-order valence-electron chi connectivity index (χ3n) is 5.60. The molecule has 5 nitrogen and oxygen atoms in total. The van der Waals surface area contributed by atoms with Crippen LogP contribution in [0.15, 0.2) is 52.9 Å². The third-order valence-corrected chi connectivity index (χ3v) is 6.73. The molecule has 1 unspecified atom stereocenters. The van der Waals surface area contributed by atoms with Crippen molar-refractivity contribution >= 4 is 11.8 Å². The highest BCUT2D eigenvalue weighted by atomic mass is 32.2. The number of thioether (sulfide) groups is 1. The van der Waals surface area contributed by atoms with Crippen LogP contribution in [0.4, 0.5) is 0 Å². The maximum atomic E-state index is 10.4. The Morgan fingerprint density at radius 3 is 2.58 bits per heavy atom. The molecule has 0 bridgehead atoms. The first-order valence-corrected chi connectivity index (χ1v) is 12.0. The summed E-state index contributed by atoms with van der Waals surface area (Å²) in [5, 5.41) is 10.3. The van der Waals surface area contributed by atoms with Gasteiger partial charge >= 0.3 is 0 Å². The standard InChI is InChI=1S/C25H30N2O3S/c1-3-31-24(21-8-4-5-9-22(21)28)23-18(2)26-25(30-23)19-10-12-20(13-11-19)29-17-16-27-14-6-7-15-27/h4-5,8-13,24,28H,3,6-7,14-17H2,1-2H3. The van der Waals surface area contributed by atoms with Crippen LogP contribution in [0.2, 0.25) is 0 Å². The van der Waals surface area contributed by atoms with Crippen LogP contribution in [0.1, 0.15) is 42.0 Å². The van der Waals surface area contributed by atoms with E-state index in [9.17, 15) is 5.11 Å². The molecule has 6 heteroatoms. The molecule has 0 aliphatic carbocycles. The van der Waals surface area contributed by atoms with Gasteiger partial charge in [0.1, 0.15) is 23.9 Å². The number of aromatic nitrogens is 1. The smallest absolute Gasteiger partial charge is 0.226 e. The van der Waals surface area contributed by atoms with E-state index in [1.54, 1.807) is 17.8 Å². The predicted octanol–water partition coefficient (Wildman–Crippen LogP) is 5.67. The Balaban J connectivity index is 1.47. The maximum absolute atomic E-state index is 10.4. The molecule has 1 fully saturated rings. The van der Waals surface area contributed by atoms with Crippen LogP contribution in [0.25, 0.3) is 11.5 Å². The fourth-order valence-electron chi connectivity index (χ4n) is 3.95. The Labute approximate surface area is 188 Å². The fourth-order valence-corrected chi connectivity index (χ4v) is 5.03. The van der Waals surface area contributed by atoms with Crippen molar-refractivity contribution in [1.29, 1.82) is 0 Å². The highest BCUT2D eigenvalue weighted by Crippen LogP contribution is 2.42. The van der Waals surface area contributed by atoms with E-state index in [1.165, 1.54) is 25.9 Å². The van der Waals surface area contributed by atoms with Gasteiger partial charge in [0.2, 0.25) is 5.89 Å². The van der Waals surface area contributed by atoms with Crippen molar-refractivity contribution in [2.24, 2.45) is 0 Å². The number of phenols is 1. The second-order valence-corrected chi connectivity index (χ2v) is 9.17. The van der Waals surface area contributed by atoms with Gasteiger partial charge in [-0.1, -0.05) is 25.1 Å². The highest BCUT2D eigenvalue weighted by Gasteiger charge is 2.25. The molecule has 1 aliphatic rings. The van der Waals surface area contributed by atoms with Crippen molar-refractivity contribution in [2.45, 2.75) is 31.9 Å². The Kier molecular flexibility index (Phi) is 7.20. The summed E-state index contributed by atoms with van der Waals surface area (Å²) in [6, 6.07) is 15.4. The van der Waals surface area contributed by atoms with Crippen LogP contribution in [0, 0.1) is 6.92 Å². The van der Waals surface area contributed by atoms with Crippen molar-refractivity contribution in [1.82, 2.24) is 9.88 Å². The van der Waals surface area contributed by atoms with Crippen molar-refractivity contribution in [3.63, 3.8) is 0 Å². The van der Waals surface area contributed by atoms with E-state index in [4.69, 9.17) is 9.15 Å². The van der Waals surface area contributed by atoms with E-state index >= 15 is 0 Å². The number of oxazole rings is 1. The molecule has 1 atom stereocenters. The zero-order valence-corrected chi connectivity index (χ0v) is 19.0. The van der Waals surface area contributed by atoms with Gasteiger partial charge in [-0.15, -0.1) is 11.8 Å². The molecule has 0 spiro atoms. The SMILES string of the molecule is CCSC(c1ccccc1O)c1oc(-c2ccc(OCCN3CCCC3)cc2)nc1C. The number of aryl methyl sites for hydroxylation is 1. The number of ether oxygens (including phenoxy) is 1. The van der Waals surface area contributed by atoms with E-state index in [0.717, 1.165) is 40.6 Å². The number of nitrogens with zero attached hydrogens (tertiary/aromatic N) is 2. The molecule has 3 aromatic rings. The molecule has 1 aliphatic heterocycles. The average molecular weight is 439 g/mol. The van der Waals surface area contributed by atoms with E-state index in [1.807, 2.05) is 49.4 Å². The highest BCUT2D eigenvalue weighted by molar-refractivity contribution is 7.99. The second-order valence-electron chi connectivity index (χ2n) is 7.78. The third kappa shape index (κ3) is 5.25. The minimum Gasteiger partial charge on any atom is -0.508 e. The minimum absolute atomic E-state index is 0.0966. The van der Waals surface area contributed by atoms with E-state index < -0.39 is 0 Å². The first-order valence-electron chi connectivity index (χ1n) is 11.0. The van der Waals surface area contributed by atoms with Gasteiger partial charge in [-0.3, -0.25) is 4.90 Å². The van der Waals surface area contributed by atoms with E-state index in [0.29, 0.717) is 12.5 Å². The Morgan fingerprint density at radius 1 is 1.13 bits per heavy atom. The summed E-state index contributed by atoms with van der Waals surface area (Å²) in [5.74, 6) is 3.42. The molecule has 2 heterocycles. The molecule has 1 aromatic heterocycles. The van der Waals surface area contributed by atoms with Crippen LogP contribution in [0.5, 0.6) is 11.5 Å². The van der Waals surface area contributed by atoms with Gasteiger partial charge in [0.05, 0.1) is 10.9 Å². The van der Waals surface area contributed by atoms with Crippen molar-refractivity contribution in [3.05, 3.63) is 65.5 Å². The minimum atomic E-state index is -0.0966. The Morgan fingerprint density at radius 2 is 1.87 bits per heavy atom. The van der Waals surface area contributed by atoms with Gasteiger partial charge in [-0.05, 0) is 68.9 Å². The number of hydrogen-bond donors (Lipinski definition) is 1. The predicted molar refractivity (Wildman–Crippen MR) is 126 cm³/mol. The first-order chi connectivity index (χ1) is 15.2. The van der Waals surface area contributed by atoms with Crippen LogP contribution >= 0.6 is 11.8 Å². The normalized spacial score (nSPS) is 15.3. The molecule has 31 heavy (non-hydrogen) atoms. The van der Waals surface area contributed by atoms with Gasteiger partial charge in [0.15, 0.2) is 0 Å². The van der Waals surface area contributed by atoms with Crippen LogP contribution in [-0.4, -0.2) is 47.0 Å². The van der Waals surface area contributed by atoms with E-state index in [-0.39, 0.29) is 11.0 Å². The summed E-state index contributed by atoms with van der Waals surface area (Å²) < 4.78 is 12.1. The van der Waals surface area contributed by atoms with Gasteiger partial charge in [0.25, 0.3) is 0 Å². The maximum Gasteiger partial charge on any atom is 0.226 e. The van der Waals surface area contributed by atoms with Crippen molar-refractivity contribution in [3.8, 4) is 23.0 Å². The zero-order chi connectivity index (χ0) is 21.6. The number of aromatic hydroxyl groups is 1. The van der Waals surface area contributed by atoms with Gasteiger partial charge in [-0.25, -0.2) is 4.98 Å². The van der Waals surface area contributed by atoms with Gasteiger partial charge in [-0.2, -0.15) is 0 Å². The lowest BCUT2D eigenvalue weighted by atomic mass is 10.1. The molecule has 4 rings (SSSR count). The Hall–Kier alpha value is -2.44. The molecule has 0 radical (unpaired) electrons. The van der Waals surface area contributed by atoms with Crippen molar-refractivity contribution in [2.75, 3.05) is 32.0 Å². The lowest BCUT2D eigenvalue weighted by Crippen LogP contribution is -2.25. The number of phenolic OH excluding ortho intramolecular Hbond substituents is 1. The Bertz CT molecular complexity index is 981. The van der Waals surface area contributed by atoms with Gasteiger partial charge in [0, 0.05) is 17.7 Å². The van der Waals surface area contributed by atoms with Crippen LogP contribution in [-0.2, 0) is 0 Å². The number of rotatable bonds is 9. The molecule has 164 valence electrons. The summed E-state index contributed by atoms with van der Waals surface area (Å²) >= 11 is 1.72. The average Bonchev–Trinajstić information content (AvgIpc) is 3.43.